The van der Waals surface area contributed by atoms with Crippen molar-refractivity contribution in [3.8, 4) is 0 Å². The molecule has 3 rings (SSSR count). The lowest BCUT2D eigenvalue weighted by molar-refractivity contribution is 0.0357. The van der Waals surface area contributed by atoms with Gasteiger partial charge in [-0.3, -0.25) is 0 Å². The van der Waals surface area contributed by atoms with Gasteiger partial charge >= 0.3 is 6.03 Å². The van der Waals surface area contributed by atoms with Gasteiger partial charge in [-0.25, -0.2) is 4.79 Å². The van der Waals surface area contributed by atoms with Crippen LogP contribution in [0.1, 0.15) is 12.8 Å². The van der Waals surface area contributed by atoms with Crippen LogP contribution in [0.4, 0.5) is 4.79 Å². The van der Waals surface area contributed by atoms with Crippen LogP contribution in [0.2, 0.25) is 0 Å². The summed E-state index contributed by atoms with van der Waals surface area (Å²) >= 11 is 0. The molecule has 132 valence electrons. The molecule has 3 atom stereocenters. The van der Waals surface area contributed by atoms with Gasteiger partial charge in [0, 0.05) is 25.7 Å². The zero-order valence-electron chi connectivity index (χ0n) is 13.5. The van der Waals surface area contributed by atoms with Crippen LogP contribution in [-0.4, -0.2) is 92.9 Å². The Hall–Kier alpha value is -0.930. The number of nitrogens with zero attached hydrogens (tertiary/aromatic N) is 1. The van der Waals surface area contributed by atoms with E-state index < -0.39 is 6.10 Å². The second-order valence-corrected chi connectivity index (χ2v) is 6.45. The van der Waals surface area contributed by atoms with Gasteiger partial charge in [0.2, 0.25) is 0 Å². The molecule has 0 radical (unpaired) electrons. The first-order valence-corrected chi connectivity index (χ1v) is 8.61. The molecule has 0 aromatic heterocycles. The summed E-state index contributed by atoms with van der Waals surface area (Å²) in [7, 11) is 0. The highest BCUT2D eigenvalue weighted by Gasteiger charge is 2.37. The average molecular weight is 328 g/mol. The number of carbonyl (C=O) groups is 1. The van der Waals surface area contributed by atoms with Crippen molar-refractivity contribution in [1.29, 1.82) is 0 Å². The number of aliphatic hydroxyl groups is 1. The van der Waals surface area contributed by atoms with E-state index in [1.807, 2.05) is 0 Å². The molecular formula is C15H28N4O4. The molecule has 0 aliphatic carbocycles. The van der Waals surface area contributed by atoms with Crippen LogP contribution >= 0.6 is 0 Å². The number of ether oxygens (including phenoxy) is 2. The quantitative estimate of drug-likeness (QED) is 0.502. The third-order valence-corrected chi connectivity index (χ3v) is 4.82. The molecule has 3 fully saturated rings. The first-order chi connectivity index (χ1) is 11.2. The third kappa shape index (κ3) is 4.54. The molecule has 3 aliphatic heterocycles. The molecule has 0 saturated carbocycles. The standard InChI is InChI=1S/C15H28N4O4/c20-14-12(18-11-1-3-16-4-2-11)10-23-13(14)9-17-15(21)19-5-7-22-8-6-19/h11-14,16,18,20H,1-10H2,(H,17,21)/t12-,13-,14+/m1/s1. The predicted octanol–water partition coefficient (Wildman–Crippen LogP) is -1.50. The lowest BCUT2D eigenvalue weighted by Gasteiger charge is -2.29. The molecule has 3 saturated heterocycles. The summed E-state index contributed by atoms with van der Waals surface area (Å²) in [6.07, 6.45) is 1.21. The number of urea groups is 1. The van der Waals surface area contributed by atoms with Gasteiger partial charge in [-0.2, -0.15) is 0 Å². The van der Waals surface area contributed by atoms with E-state index in [-0.39, 0.29) is 18.2 Å². The zero-order valence-corrected chi connectivity index (χ0v) is 13.5. The lowest BCUT2D eigenvalue weighted by Crippen LogP contribution is -2.52. The predicted molar refractivity (Wildman–Crippen MR) is 84.4 cm³/mol. The van der Waals surface area contributed by atoms with Gasteiger partial charge < -0.3 is 35.4 Å². The van der Waals surface area contributed by atoms with E-state index in [0.717, 1.165) is 25.9 Å². The van der Waals surface area contributed by atoms with Crippen LogP contribution in [0, 0.1) is 0 Å². The fraction of sp³-hybridized carbons (Fsp3) is 0.933. The fourth-order valence-corrected chi connectivity index (χ4v) is 3.37. The molecule has 3 aliphatic rings. The molecule has 0 bridgehead atoms. The molecule has 23 heavy (non-hydrogen) atoms. The van der Waals surface area contributed by atoms with Crippen molar-refractivity contribution in [3.63, 3.8) is 0 Å². The number of piperidine rings is 1. The van der Waals surface area contributed by atoms with E-state index in [4.69, 9.17) is 9.47 Å². The van der Waals surface area contributed by atoms with Crippen LogP contribution in [0.25, 0.3) is 0 Å². The van der Waals surface area contributed by atoms with Gasteiger partial charge in [-0.1, -0.05) is 0 Å². The van der Waals surface area contributed by atoms with E-state index in [1.54, 1.807) is 4.90 Å². The Morgan fingerprint density at radius 3 is 2.74 bits per heavy atom. The van der Waals surface area contributed by atoms with Crippen molar-refractivity contribution in [2.24, 2.45) is 0 Å². The van der Waals surface area contributed by atoms with E-state index >= 15 is 0 Å². The zero-order chi connectivity index (χ0) is 16.1. The van der Waals surface area contributed by atoms with Crippen LogP contribution in [-0.2, 0) is 9.47 Å². The maximum Gasteiger partial charge on any atom is 0.317 e. The minimum absolute atomic E-state index is 0.0524. The SMILES string of the molecule is O=C(NC[C@H]1OC[C@@H](NC2CCNCC2)[C@@H]1O)N1CCOCC1. The van der Waals surface area contributed by atoms with Gasteiger partial charge in [0.25, 0.3) is 0 Å². The molecule has 8 heteroatoms. The van der Waals surface area contributed by atoms with Gasteiger partial charge in [0.1, 0.15) is 6.10 Å². The molecule has 2 amide bonds. The maximum absolute atomic E-state index is 12.1. The second-order valence-electron chi connectivity index (χ2n) is 6.45. The minimum atomic E-state index is -0.588. The number of aliphatic hydroxyl groups excluding tert-OH is 1. The smallest absolute Gasteiger partial charge is 0.317 e. The van der Waals surface area contributed by atoms with Gasteiger partial charge in [-0.05, 0) is 25.9 Å². The number of nitrogens with one attached hydrogen (secondary N) is 3. The topological polar surface area (TPSA) is 95.1 Å². The lowest BCUT2D eigenvalue weighted by atomic mass is 10.0. The Balaban J connectivity index is 1.39. The van der Waals surface area contributed by atoms with Crippen LogP contribution in [0.5, 0.6) is 0 Å². The number of morpholine rings is 1. The Morgan fingerprint density at radius 1 is 1.26 bits per heavy atom. The Bertz CT molecular complexity index is 386. The molecule has 0 aromatic carbocycles. The first-order valence-electron chi connectivity index (χ1n) is 8.61. The highest BCUT2D eigenvalue weighted by Crippen LogP contribution is 2.16. The maximum atomic E-state index is 12.1. The highest BCUT2D eigenvalue weighted by molar-refractivity contribution is 5.74. The van der Waals surface area contributed by atoms with Gasteiger partial charge in [0.05, 0.1) is 32.0 Å². The molecule has 3 heterocycles. The number of rotatable bonds is 4. The van der Waals surface area contributed by atoms with Crippen LogP contribution in [0.3, 0.4) is 0 Å². The molecule has 4 N–H and O–H groups in total. The number of hydrogen-bond donors (Lipinski definition) is 4. The van der Waals surface area contributed by atoms with Crippen molar-refractivity contribution >= 4 is 6.03 Å². The average Bonchev–Trinajstić information content (AvgIpc) is 2.94. The molecule has 0 spiro atoms. The fourth-order valence-electron chi connectivity index (χ4n) is 3.37. The normalized spacial score (nSPS) is 32.9. The number of carbonyl (C=O) groups excluding carboxylic acids is 1. The van der Waals surface area contributed by atoms with Crippen molar-refractivity contribution in [2.45, 2.75) is 37.1 Å². The first kappa shape index (κ1) is 16.9. The summed E-state index contributed by atoms with van der Waals surface area (Å²) in [5, 5.41) is 20.1. The van der Waals surface area contributed by atoms with Crippen molar-refractivity contribution in [1.82, 2.24) is 20.9 Å². The Kier molecular flexibility index (Phi) is 6.07. The number of amides is 2. The van der Waals surface area contributed by atoms with Crippen molar-refractivity contribution in [2.75, 3.05) is 52.5 Å². The largest absolute Gasteiger partial charge is 0.389 e. The van der Waals surface area contributed by atoms with E-state index in [9.17, 15) is 9.90 Å². The summed E-state index contributed by atoms with van der Waals surface area (Å²) in [6.45, 7) is 5.24. The van der Waals surface area contributed by atoms with E-state index in [0.29, 0.717) is 45.5 Å². The molecule has 0 aromatic rings. The van der Waals surface area contributed by atoms with Crippen molar-refractivity contribution < 1.29 is 19.4 Å². The van der Waals surface area contributed by atoms with E-state index in [2.05, 4.69) is 16.0 Å². The molecular weight excluding hydrogens is 300 g/mol. The summed E-state index contributed by atoms with van der Waals surface area (Å²) < 4.78 is 10.9. The summed E-state index contributed by atoms with van der Waals surface area (Å²) in [6, 6.07) is 0.267. The van der Waals surface area contributed by atoms with Crippen LogP contribution in [0.15, 0.2) is 0 Å². The van der Waals surface area contributed by atoms with E-state index in [1.165, 1.54) is 0 Å². The highest BCUT2D eigenvalue weighted by atomic mass is 16.5. The Morgan fingerprint density at radius 2 is 2.00 bits per heavy atom. The monoisotopic (exact) mass is 328 g/mol. The number of hydrogen-bond acceptors (Lipinski definition) is 6. The Labute approximate surface area is 136 Å². The van der Waals surface area contributed by atoms with Crippen molar-refractivity contribution in [3.05, 3.63) is 0 Å². The van der Waals surface area contributed by atoms with Gasteiger partial charge in [0.15, 0.2) is 0 Å². The minimum Gasteiger partial charge on any atom is -0.389 e. The summed E-state index contributed by atoms with van der Waals surface area (Å²) in [4.78, 5) is 13.8. The third-order valence-electron chi connectivity index (χ3n) is 4.82. The van der Waals surface area contributed by atoms with Crippen LogP contribution < -0.4 is 16.0 Å². The molecule has 0 unspecified atom stereocenters. The summed E-state index contributed by atoms with van der Waals surface area (Å²) in [5.41, 5.74) is 0. The molecule has 8 nitrogen and oxygen atoms in total. The summed E-state index contributed by atoms with van der Waals surface area (Å²) in [5.74, 6) is 0. The van der Waals surface area contributed by atoms with Gasteiger partial charge in [-0.15, -0.1) is 0 Å². The second kappa shape index (κ2) is 8.25.